The molecule has 1 saturated heterocycles. The number of rotatable bonds is 5. The highest BCUT2D eigenvalue weighted by molar-refractivity contribution is 6.30. The molecule has 0 aromatic heterocycles. The minimum absolute atomic E-state index is 0.244. The molecule has 1 aliphatic rings. The lowest BCUT2D eigenvalue weighted by Crippen LogP contribution is -2.41. The van der Waals surface area contributed by atoms with Gasteiger partial charge in [-0.1, -0.05) is 23.7 Å². The summed E-state index contributed by atoms with van der Waals surface area (Å²) in [4.78, 5) is 13.6. The average Bonchev–Trinajstić information content (AvgIpc) is 2.39. The van der Waals surface area contributed by atoms with Crippen LogP contribution >= 0.6 is 11.6 Å². The Balaban J connectivity index is 1.96. The Morgan fingerprint density at radius 3 is 2.79 bits per heavy atom. The molecule has 0 amide bonds. The second-order valence-electron chi connectivity index (χ2n) is 5.39. The first-order valence-electron chi connectivity index (χ1n) is 6.61. The second-order valence-corrected chi connectivity index (χ2v) is 5.83. The van der Waals surface area contributed by atoms with E-state index in [1.807, 2.05) is 25.2 Å². The van der Waals surface area contributed by atoms with Crippen molar-refractivity contribution in [3.05, 3.63) is 34.9 Å². The highest BCUT2D eigenvalue weighted by Crippen LogP contribution is 2.29. The third-order valence-corrected chi connectivity index (χ3v) is 3.90. The Bertz CT molecular complexity index is 430. The van der Waals surface area contributed by atoms with Crippen molar-refractivity contribution in [1.82, 2.24) is 4.90 Å². The van der Waals surface area contributed by atoms with Crippen LogP contribution in [0.2, 0.25) is 5.02 Å². The van der Waals surface area contributed by atoms with Crippen molar-refractivity contribution in [2.75, 3.05) is 26.8 Å². The number of halogens is 1. The van der Waals surface area contributed by atoms with Crippen LogP contribution in [0.15, 0.2) is 24.3 Å². The van der Waals surface area contributed by atoms with Gasteiger partial charge in [0.2, 0.25) is 0 Å². The molecule has 104 valence electrons. The van der Waals surface area contributed by atoms with Crippen LogP contribution in [0.5, 0.6) is 0 Å². The number of nitrogens with zero attached hydrogens (tertiary/aromatic N) is 1. The summed E-state index contributed by atoms with van der Waals surface area (Å²) in [6, 6.07) is 7.85. The summed E-state index contributed by atoms with van der Waals surface area (Å²) in [7, 11) is 2.04. The molecule has 2 rings (SSSR count). The van der Waals surface area contributed by atoms with Crippen LogP contribution in [-0.2, 0) is 16.1 Å². The quantitative estimate of drug-likeness (QED) is 0.777. The minimum atomic E-state index is -0.244. The van der Waals surface area contributed by atoms with Gasteiger partial charge in [-0.15, -0.1) is 0 Å². The Morgan fingerprint density at radius 1 is 1.42 bits per heavy atom. The summed E-state index contributed by atoms with van der Waals surface area (Å²) < 4.78 is 5.35. The normalized spacial score (nSPS) is 18.5. The summed E-state index contributed by atoms with van der Waals surface area (Å²) in [6.45, 7) is 2.94. The van der Waals surface area contributed by atoms with E-state index in [4.69, 9.17) is 16.3 Å². The number of benzene rings is 1. The number of carbonyl (C=O) groups is 1. The molecule has 0 N–H and O–H groups in total. The van der Waals surface area contributed by atoms with E-state index < -0.39 is 0 Å². The molecular weight excluding hydrogens is 262 g/mol. The lowest BCUT2D eigenvalue weighted by Gasteiger charge is -2.35. The van der Waals surface area contributed by atoms with E-state index in [1.165, 1.54) is 5.56 Å². The predicted molar refractivity (Wildman–Crippen MR) is 76.3 cm³/mol. The molecule has 0 aliphatic carbocycles. The van der Waals surface area contributed by atoms with Crippen LogP contribution in [0.25, 0.3) is 0 Å². The lowest BCUT2D eigenvalue weighted by atomic mass is 9.81. The SMILES string of the molecule is CN(Cc1cccc(Cl)c1)CC1(C=O)CCOCC1. The summed E-state index contributed by atoms with van der Waals surface area (Å²) in [5, 5.41) is 0.752. The molecule has 0 spiro atoms. The van der Waals surface area contributed by atoms with Gasteiger partial charge in [0.05, 0.1) is 0 Å². The number of hydrogen-bond donors (Lipinski definition) is 0. The van der Waals surface area contributed by atoms with E-state index in [9.17, 15) is 4.79 Å². The zero-order valence-corrected chi connectivity index (χ0v) is 12.0. The molecular formula is C15H20ClNO2. The van der Waals surface area contributed by atoms with Crippen molar-refractivity contribution < 1.29 is 9.53 Å². The van der Waals surface area contributed by atoms with Gasteiger partial charge in [-0.05, 0) is 37.6 Å². The van der Waals surface area contributed by atoms with Gasteiger partial charge in [-0.3, -0.25) is 0 Å². The van der Waals surface area contributed by atoms with Crippen LogP contribution in [0.1, 0.15) is 18.4 Å². The van der Waals surface area contributed by atoms with Crippen molar-refractivity contribution in [2.24, 2.45) is 5.41 Å². The van der Waals surface area contributed by atoms with Crippen molar-refractivity contribution in [1.29, 1.82) is 0 Å². The first kappa shape index (κ1) is 14.5. The van der Waals surface area contributed by atoms with E-state index in [0.29, 0.717) is 13.2 Å². The fraction of sp³-hybridized carbons (Fsp3) is 0.533. The minimum Gasteiger partial charge on any atom is -0.381 e. The summed E-state index contributed by atoms with van der Waals surface area (Å²) in [5.74, 6) is 0. The molecule has 0 saturated carbocycles. The summed E-state index contributed by atoms with van der Waals surface area (Å²) in [6.07, 6.45) is 2.75. The Kier molecular flexibility index (Phi) is 4.97. The van der Waals surface area contributed by atoms with Gasteiger partial charge in [-0.2, -0.15) is 0 Å². The number of aldehydes is 1. The van der Waals surface area contributed by atoms with Gasteiger partial charge in [-0.25, -0.2) is 0 Å². The molecule has 1 aromatic rings. The number of ether oxygens (including phenoxy) is 1. The topological polar surface area (TPSA) is 29.5 Å². The molecule has 1 fully saturated rings. The monoisotopic (exact) mass is 281 g/mol. The molecule has 1 aliphatic heterocycles. The number of hydrogen-bond acceptors (Lipinski definition) is 3. The van der Waals surface area contributed by atoms with E-state index in [1.54, 1.807) is 0 Å². The highest BCUT2D eigenvalue weighted by atomic mass is 35.5. The second kappa shape index (κ2) is 6.51. The van der Waals surface area contributed by atoms with Gasteiger partial charge in [0, 0.05) is 36.7 Å². The standard InChI is InChI=1S/C15H20ClNO2/c1-17(10-13-3-2-4-14(16)9-13)11-15(12-18)5-7-19-8-6-15/h2-4,9,12H,5-8,10-11H2,1H3. The fourth-order valence-electron chi connectivity index (χ4n) is 2.63. The van der Waals surface area contributed by atoms with Crippen LogP contribution in [-0.4, -0.2) is 38.0 Å². The maximum atomic E-state index is 11.4. The van der Waals surface area contributed by atoms with E-state index in [2.05, 4.69) is 11.0 Å². The molecule has 0 atom stereocenters. The molecule has 4 heteroatoms. The summed E-state index contributed by atoms with van der Waals surface area (Å²) >= 11 is 5.98. The Morgan fingerprint density at radius 2 is 2.16 bits per heavy atom. The first-order valence-corrected chi connectivity index (χ1v) is 6.98. The van der Waals surface area contributed by atoms with Crippen molar-refractivity contribution in [3.8, 4) is 0 Å². The van der Waals surface area contributed by atoms with Crippen LogP contribution in [0.3, 0.4) is 0 Å². The Hall–Kier alpha value is -0.900. The number of carbonyl (C=O) groups excluding carboxylic acids is 1. The third-order valence-electron chi connectivity index (χ3n) is 3.66. The average molecular weight is 282 g/mol. The molecule has 0 unspecified atom stereocenters. The highest BCUT2D eigenvalue weighted by Gasteiger charge is 2.33. The third kappa shape index (κ3) is 4.03. The molecule has 1 aromatic carbocycles. The van der Waals surface area contributed by atoms with Crippen LogP contribution in [0.4, 0.5) is 0 Å². The van der Waals surface area contributed by atoms with E-state index in [0.717, 1.165) is 37.2 Å². The van der Waals surface area contributed by atoms with Gasteiger partial charge >= 0.3 is 0 Å². The summed E-state index contributed by atoms with van der Waals surface area (Å²) in [5.41, 5.74) is 0.925. The smallest absolute Gasteiger partial charge is 0.127 e. The van der Waals surface area contributed by atoms with Crippen molar-refractivity contribution >= 4 is 17.9 Å². The zero-order valence-electron chi connectivity index (χ0n) is 11.3. The molecule has 1 heterocycles. The van der Waals surface area contributed by atoms with Crippen LogP contribution < -0.4 is 0 Å². The van der Waals surface area contributed by atoms with Gasteiger partial charge in [0.15, 0.2) is 0 Å². The first-order chi connectivity index (χ1) is 9.13. The fourth-order valence-corrected chi connectivity index (χ4v) is 2.84. The van der Waals surface area contributed by atoms with Gasteiger partial charge in [0.1, 0.15) is 6.29 Å². The maximum Gasteiger partial charge on any atom is 0.127 e. The van der Waals surface area contributed by atoms with Crippen LogP contribution in [0, 0.1) is 5.41 Å². The predicted octanol–water partition coefficient (Wildman–Crippen LogP) is 2.77. The Labute approximate surface area is 119 Å². The molecule has 0 bridgehead atoms. The molecule has 0 radical (unpaired) electrons. The van der Waals surface area contributed by atoms with Crippen molar-refractivity contribution in [2.45, 2.75) is 19.4 Å². The maximum absolute atomic E-state index is 11.4. The van der Waals surface area contributed by atoms with Crippen molar-refractivity contribution in [3.63, 3.8) is 0 Å². The van der Waals surface area contributed by atoms with Gasteiger partial charge in [0.25, 0.3) is 0 Å². The lowest BCUT2D eigenvalue weighted by molar-refractivity contribution is -0.122. The largest absolute Gasteiger partial charge is 0.381 e. The molecule has 3 nitrogen and oxygen atoms in total. The molecule has 19 heavy (non-hydrogen) atoms. The van der Waals surface area contributed by atoms with E-state index in [-0.39, 0.29) is 5.41 Å². The van der Waals surface area contributed by atoms with Gasteiger partial charge < -0.3 is 14.4 Å². The zero-order chi connectivity index (χ0) is 13.7. The van der Waals surface area contributed by atoms with E-state index >= 15 is 0 Å².